The maximum Gasteiger partial charge on any atom is 0.355 e. The molecule has 1 aliphatic heterocycles. The lowest BCUT2D eigenvalue weighted by Crippen LogP contribution is -2.54. The molecular weight excluding hydrogens is 574 g/mol. The molecule has 43 heavy (non-hydrogen) atoms. The van der Waals surface area contributed by atoms with Crippen molar-refractivity contribution < 1.29 is 16.3 Å². The largest absolute Gasteiger partial charge is 0.355 e. The van der Waals surface area contributed by atoms with E-state index in [1.807, 2.05) is 32.6 Å². The van der Waals surface area contributed by atoms with E-state index in [2.05, 4.69) is 16.5 Å². The number of amides is 1. The standard InChI is InChI=1S/C32H31ClF2N6O2/c1-7-21-9-8-10-24(35)25(21)27-23(33)15-22-29(40-14-13-39(16-19(40)5)31(42)20(6)34)38-32(43)41(30(22)37-27)28-18(4)11-12-36-26(28)17(2)3/h7-12,15,17,19H,1,6,13-14,16H2,2-5H3/t19-/m0/s1/i1D2. The average molecular weight is 607 g/mol. The lowest BCUT2D eigenvalue weighted by molar-refractivity contribution is -0.129. The fourth-order valence-electron chi connectivity index (χ4n) is 5.53. The second-order valence-corrected chi connectivity index (χ2v) is 11.2. The average Bonchev–Trinajstić information content (AvgIpc) is 2.97. The van der Waals surface area contributed by atoms with Gasteiger partial charge in [-0.1, -0.05) is 56.8 Å². The van der Waals surface area contributed by atoms with E-state index in [4.69, 9.17) is 19.3 Å². The summed E-state index contributed by atoms with van der Waals surface area (Å²) in [4.78, 5) is 43.4. The van der Waals surface area contributed by atoms with Crippen LogP contribution < -0.4 is 10.6 Å². The number of anilines is 1. The van der Waals surface area contributed by atoms with E-state index < -0.39 is 29.8 Å². The van der Waals surface area contributed by atoms with Crippen LogP contribution in [-0.2, 0) is 4.79 Å². The molecule has 0 saturated carbocycles. The number of rotatable bonds is 6. The maximum absolute atomic E-state index is 15.5. The minimum Gasteiger partial charge on any atom is -0.350 e. The van der Waals surface area contributed by atoms with Gasteiger partial charge in [0.25, 0.3) is 5.91 Å². The third-order valence-corrected chi connectivity index (χ3v) is 7.87. The van der Waals surface area contributed by atoms with Gasteiger partial charge in [-0.3, -0.25) is 9.78 Å². The number of fused-ring (bicyclic) bond motifs is 1. The highest BCUT2D eigenvalue weighted by Crippen LogP contribution is 2.37. The van der Waals surface area contributed by atoms with E-state index >= 15 is 4.39 Å². The second kappa shape index (κ2) is 11.7. The van der Waals surface area contributed by atoms with Gasteiger partial charge < -0.3 is 9.80 Å². The number of hydrogen-bond donors (Lipinski definition) is 0. The van der Waals surface area contributed by atoms with Crippen molar-refractivity contribution in [1.82, 2.24) is 24.4 Å². The van der Waals surface area contributed by atoms with Crippen molar-refractivity contribution in [2.75, 3.05) is 24.5 Å². The van der Waals surface area contributed by atoms with Crippen molar-refractivity contribution in [3.05, 3.63) is 93.6 Å². The molecule has 0 N–H and O–H groups in total. The Morgan fingerprint density at radius 3 is 2.70 bits per heavy atom. The first kappa shape index (κ1) is 27.4. The van der Waals surface area contributed by atoms with Gasteiger partial charge in [0.05, 0.1) is 30.2 Å². The molecule has 4 aromatic rings. The van der Waals surface area contributed by atoms with Crippen molar-refractivity contribution in [1.29, 1.82) is 0 Å². The minimum atomic E-state index is -1.05. The fourth-order valence-corrected chi connectivity index (χ4v) is 5.77. The summed E-state index contributed by atoms with van der Waals surface area (Å²) in [5, 5.41) is 0.437. The highest BCUT2D eigenvalue weighted by Gasteiger charge is 2.32. The highest BCUT2D eigenvalue weighted by molar-refractivity contribution is 6.34. The number of aromatic nitrogens is 4. The summed E-state index contributed by atoms with van der Waals surface area (Å²) in [5.41, 5.74) is 1.53. The van der Waals surface area contributed by atoms with E-state index in [0.29, 0.717) is 16.8 Å². The molecule has 1 fully saturated rings. The smallest absolute Gasteiger partial charge is 0.350 e. The quantitative estimate of drug-likeness (QED) is 0.242. The number of halogens is 3. The first-order chi connectivity index (χ1) is 21.3. The number of pyridine rings is 2. The van der Waals surface area contributed by atoms with E-state index in [1.54, 1.807) is 24.4 Å². The summed E-state index contributed by atoms with van der Waals surface area (Å²) in [7, 11) is 0. The summed E-state index contributed by atoms with van der Waals surface area (Å²) in [6.45, 7) is 10.7. The summed E-state index contributed by atoms with van der Waals surface area (Å²) in [6, 6.07) is 7.18. The molecule has 1 saturated heterocycles. The van der Waals surface area contributed by atoms with E-state index in [0.717, 1.165) is 5.56 Å². The third kappa shape index (κ3) is 5.31. The number of carbonyl (C=O) groups excluding carboxylic acids is 1. The van der Waals surface area contributed by atoms with Crippen LogP contribution >= 0.6 is 11.6 Å². The Kier molecular flexibility index (Phi) is 7.44. The molecule has 3 aromatic heterocycles. The van der Waals surface area contributed by atoms with Crippen LogP contribution in [0.15, 0.2) is 60.3 Å². The summed E-state index contributed by atoms with van der Waals surface area (Å²) >= 11 is 6.82. The van der Waals surface area contributed by atoms with E-state index in [1.165, 1.54) is 27.7 Å². The van der Waals surface area contributed by atoms with Gasteiger partial charge in [-0.25, -0.2) is 23.1 Å². The van der Waals surface area contributed by atoms with Crippen LogP contribution in [-0.4, -0.2) is 56.0 Å². The molecule has 0 radical (unpaired) electrons. The molecule has 1 atom stereocenters. The number of hydrogen-bond acceptors (Lipinski definition) is 6. The molecule has 5 rings (SSSR count). The molecule has 11 heteroatoms. The Labute approximate surface area is 255 Å². The van der Waals surface area contributed by atoms with Crippen molar-refractivity contribution in [3.8, 4) is 16.9 Å². The number of benzene rings is 1. The van der Waals surface area contributed by atoms with Gasteiger partial charge in [0.2, 0.25) is 0 Å². The molecule has 1 aliphatic rings. The van der Waals surface area contributed by atoms with Crippen molar-refractivity contribution >= 4 is 40.4 Å². The Morgan fingerprint density at radius 2 is 2.02 bits per heavy atom. The lowest BCUT2D eigenvalue weighted by Gasteiger charge is -2.40. The first-order valence-corrected chi connectivity index (χ1v) is 14.1. The maximum atomic E-state index is 15.5. The van der Waals surface area contributed by atoms with Crippen molar-refractivity contribution in [2.24, 2.45) is 0 Å². The minimum absolute atomic E-state index is 0.0117. The van der Waals surface area contributed by atoms with E-state index in [-0.39, 0.29) is 64.9 Å². The molecule has 0 bridgehead atoms. The molecular formula is C32H31ClF2N6O2. The zero-order valence-corrected chi connectivity index (χ0v) is 24.9. The van der Waals surface area contributed by atoms with Crippen molar-refractivity contribution in [3.63, 3.8) is 0 Å². The predicted octanol–water partition coefficient (Wildman–Crippen LogP) is 6.23. The van der Waals surface area contributed by atoms with Crippen LogP contribution in [0.5, 0.6) is 0 Å². The predicted molar refractivity (Wildman–Crippen MR) is 166 cm³/mol. The second-order valence-electron chi connectivity index (χ2n) is 10.8. The van der Waals surface area contributed by atoms with E-state index in [9.17, 15) is 14.0 Å². The lowest BCUT2D eigenvalue weighted by atomic mass is 10.0. The molecule has 1 amide bonds. The Balaban J connectivity index is 1.83. The van der Waals surface area contributed by atoms with Gasteiger partial charge in [-0.2, -0.15) is 4.98 Å². The zero-order chi connectivity index (χ0) is 32.7. The van der Waals surface area contributed by atoms with Gasteiger partial charge in [0, 0.05) is 37.4 Å². The van der Waals surface area contributed by atoms with Crippen LogP contribution in [0, 0.1) is 12.7 Å². The SMILES string of the molecule is [2H]C([2H])=Cc1cccc(F)c1-c1nc2c(cc1Cl)c(N1CCN(C(=O)C(=C)F)C[C@@H]1C)nc(=O)n2-c1c(C)ccnc1C(C)C. The van der Waals surface area contributed by atoms with Gasteiger partial charge in [0.15, 0.2) is 11.5 Å². The third-order valence-electron chi connectivity index (χ3n) is 7.58. The van der Waals surface area contributed by atoms with Crippen LogP contribution in [0.3, 0.4) is 0 Å². The molecule has 8 nitrogen and oxygen atoms in total. The van der Waals surface area contributed by atoms with Gasteiger partial charge in [0.1, 0.15) is 11.6 Å². The molecule has 222 valence electrons. The first-order valence-electron chi connectivity index (χ1n) is 14.7. The molecule has 0 aliphatic carbocycles. The molecule has 0 unspecified atom stereocenters. The molecule has 1 aromatic carbocycles. The number of carbonyl (C=O) groups is 1. The van der Waals surface area contributed by atoms with Gasteiger partial charge in [-0.05, 0) is 49.1 Å². The molecule has 0 spiro atoms. The van der Waals surface area contributed by atoms with Crippen molar-refractivity contribution in [2.45, 2.75) is 39.7 Å². The number of piperazine rings is 1. The van der Waals surface area contributed by atoms with Gasteiger partial charge >= 0.3 is 5.69 Å². The number of aryl methyl sites for hydroxylation is 1. The van der Waals surface area contributed by atoms with Crippen LogP contribution in [0.2, 0.25) is 5.02 Å². The highest BCUT2D eigenvalue weighted by atomic mass is 35.5. The van der Waals surface area contributed by atoms with Crippen LogP contribution in [0.25, 0.3) is 34.1 Å². The fraction of sp³-hybridized carbons (Fsp3) is 0.281. The Hall–Kier alpha value is -4.44. The Morgan fingerprint density at radius 1 is 1.26 bits per heavy atom. The topological polar surface area (TPSA) is 84.2 Å². The molecule has 4 heterocycles. The van der Waals surface area contributed by atoms with Crippen LogP contribution in [0.4, 0.5) is 14.6 Å². The van der Waals surface area contributed by atoms with Gasteiger partial charge in [-0.15, -0.1) is 0 Å². The summed E-state index contributed by atoms with van der Waals surface area (Å²) in [6.07, 6.45) is 2.84. The summed E-state index contributed by atoms with van der Waals surface area (Å²) < 4.78 is 45.8. The zero-order valence-electron chi connectivity index (χ0n) is 26.2. The monoisotopic (exact) mass is 606 g/mol. The Bertz CT molecular complexity index is 1940. The normalized spacial score (nSPS) is 15.9. The number of nitrogens with zero attached hydrogens (tertiary/aromatic N) is 6. The van der Waals surface area contributed by atoms with Crippen LogP contribution in [0.1, 0.15) is 46.3 Å². The summed E-state index contributed by atoms with van der Waals surface area (Å²) in [5.74, 6) is -2.35.